The van der Waals surface area contributed by atoms with E-state index in [0.29, 0.717) is 12.5 Å². The highest BCUT2D eigenvalue weighted by Crippen LogP contribution is 2.60. The van der Waals surface area contributed by atoms with Crippen molar-refractivity contribution in [1.29, 1.82) is 0 Å². The monoisotopic (exact) mass is 264 g/mol. The van der Waals surface area contributed by atoms with Crippen molar-refractivity contribution in [3.8, 4) is 0 Å². The first-order valence-electron chi connectivity index (χ1n) is 7.95. The average molecular weight is 264 g/mol. The summed E-state index contributed by atoms with van der Waals surface area (Å²) in [6, 6.07) is 0. The van der Waals surface area contributed by atoms with Gasteiger partial charge in [0.25, 0.3) is 0 Å². The van der Waals surface area contributed by atoms with Gasteiger partial charge in [0.2, 0.25) is 5.91 Å². The third-order valence-corrected chi connectivity index (χ3v) is 5.74. The SMILES string of the molecule is CC(C)(CCN)NC(=O)C12CC3CC(CC(C3)C1)C2. The number of rotatable bonds is 4. The first-order valence-corrected chi connectivity index (χ1v) is 7.95. The number of nitrogens with two attached hydrogens (primary N) is 1. The Morgan fingerprint density at radius 3 is 2.05 bits per heavy atom. The molecule has 0 aromatic carbocycles. The van der Waals surface area contributed by atoms with Gasteiger partial charge in [-0.3, -0.25) is 4.79 Å². The van der Waals surface area contributed by atoms with Gasteiger partial charge in [0, 0.05) is 11.0 Å². The van der Waals surface area contributed by atoms with E-state index in [1.807, 2.05) is 0 Å². The van der Waals surface area contributed by atoms with Crippen molar-refractivity contribution in [3.05, 3.63) is 0 Å². The van der Waals surface area contributed by atoms with Gasteiger partial charge in [-0.1, -0.05) is 0 Å². The van der Waals surface area contributed by atoms with Crippen molar-refractivity contribution < 1.29 is 4.79 Å². The molecule has 3 nitrogen and oxygen atoms in total. The molecule has 0 heterocycles. The summed E-state index contributed by atoms with van der Waals surface area (Å²) in [5.74, 6) is 2.81. The fraction of sp³-hybridized carbons (Fsp3) is 0.938. The second kappa shape index (κ2) is 4.47. The summed E-state index contributed by atoms with van der Waals surface area (Å²) in [5.41, 5.74) is 5.46. The number of carbonyl (C=O) groups is 1. The Morgan fingerprint density at radius 1 is 1.16 bits per heavy atom. The van der Waals surface area contributed by atoms with Crippen LogP contribution in [0.15, 0.2) is 0 Å². The molecule has 108 valence electrons. The van der Waals surface area contributed by atoms with Crippen molar-refractivity contribution in [2.45, 2.75) is 64.3 Å². The molecule has 0 unspecified atom stereocenters. The van der Waals surface area contributed by atoms with Crippen LogP contribution in [0.4, 0.5) is 0 Å². The molecule has 0 aromatic heterocycles. The van der Waals surface area contributed by atoms with E-state index in [9.17, 15) is 4.79 Å². The van der Waals surface area contributed by atoms with E-state index in [1.54, 1.807) is 0 Å². The maximum absolute atomic E-state index is 12.8. The second-order valence-electron chi connectivity index (χ2n) is 8.07. The molecule has 0 aliphatic heterocycles. The molecule has 3 heteroatoms. The number of hydrogen-bond donors (Lipinski definition) is 2. The molecule has 19 heavy (non-hydrogen) atoms. The van der Waals surface area contributed by atoms with E-state index < -0.39 is 0 Å². The molecule has 1 amide bonds. The lowest BCUT2D eigenvalue weighted by atomic mass is 9.49. The molecule has 0 aromatic rings. The van der Waals surface area contributed by atoms with Gasteiger partial charge in [-0.2, -0.15) is 0 Å². The van der Waals surface area contributed by atoms with Gasteiger partial charge in [0.1, 0.15) is 0 Å². The molecule has 0 spiro atoms. The minimum absolute atomic E-state index is 0.0272. The summed E-state index contributed by atoms with van der Waals surface area (Å²) in [7, 11) is 0. The molecule has 4 fully saturated rings. The first-order chi connectivity index (χ1) is 8.92. The zero-order valence-electron chi connectivity index (χ0n) is 12.4. The number of carbonyl (C=O) groups excluding carboxylic acids is 1. The van der Waals surface area contributed by atoms with Crippen molar-refractivity contribution >= 4 is 5.91 Å². The molecule has 0 atom stereocenters. The van der Waals surface area contributed by atoms with Crippen molar-refractivity contribution in [1.82, 2.24) is 5.32 Å². The largest absolute Gasteiger partial charge is 0.351 e. The smallest absolute Gasteiger partial charge is 0.226 e. The molecule has 4 saturated carbocycles. The van der Waals surface area contributed by atoms with Crippen LogP contribution in [0.3, 0.4) is 0 Å². The highest BCUT2D eigenvalue weighted by molar-refractivity contribution is 5.83. The molecule has 4 bridgehead atoms. The topological polar surface area (TPSA) is 55.1 Å². The zero-order valence-corrected chi connectivity index (χ0v) is 12.4. The normalized spacial score (nSPS) is 40.5. The molecular weight excluding hydrogens is 236 g/mol. The summed E-state index contributed by atoms with van der Waals surface area (Å²) in [6.07, 6.45) is 8.44. The number of hydrogen-bond acceptors (Lipinski definition) is 2. The fourth-order valence-corrected chi connectivity index (χ4v) is 5.25. The summed E-state index contributed by atoms with van der Waals surface area (Å²) in [6.45, 7) is 4.82. The van der Waals surface area contributed by atoms with Gasteiger partial charge in [0.15, 0.2) is 0 Å². The Hall–Kier alpha value is -0.570. The van der Waals surface area contributed by atoms with E-state index >= 15 is 0 Å². The Labute approximate surface area is 116 Å². The third kappa shape index (κ3) is 2.42. The molecule has 4 rings (SSSR count). The number of amides is 1. The van der Waals surface area contributed by atoms with Crippen LogP contribution in [0, 0.1) is 23.2 Å². The predicted octanol–water partition coefficient (Wildman–Crippen LogP) is 2.45. The Bertz CT molecular complexity index is 340. The van der Waals surface area contributed by atoms with Crippen LogP contribution in [0.25, 0.3) is 0 Å². The van der Waals surface area contributed by atoms with Gasteiger partial charge in [-0.25, -0.2) is 0 Å². The van der Waals surface area contributed by atoms with Crippen LogP contribution < -0.4 is 11.1 Å². The fourth-order valence-electron chi connectivity index (χ4n) is 5.25. The van der Waals surface area contributed by atoms with Gasteiger partial charge >= 0.3 is 0 Å². The van der Waals surface area contributed by atoms with Crippen LogP contribution in [0.5, 0.6) is 0 Å². The maximum Gasteiger partial charge on any atom is 0.226 e. The summed E-state index contributed by atoms with van der Waals surface area (Å²) >= 11 is 0. The lowest BCUT2D eigenvalue weighted by molar-refractivity contribution is -0.148. The molecule has 0 saturated heterocycles. The molecule has 4 aliphatic carbocycles. The lowest BCUT2D eigenvalue weighted by Crippen LogP contribution is -2.57. The van der Waals surface area contributed by atoms with Crippen LogP contribution in [-0.2, 0) is 4.79 Å². The standard InChI is InChI=1S/C16H28N2O/c1-15(2,3-4-17)18-14(19)16-8-11-5-12(9-16)7-13(6-11)10-16/h11-13H,3-10,17H2,1-2H3,(H,18,19). The van der Waals surface area contributed by atoms with Gasteiger partial charge in [-0.05, 0) is 83.1 Å². The van der Waals surface area contributed by atoms with E-state index in [4.69, 9.17) is 5.73 Å². The quantitative estimate of drug-likeness (QED) is 0.819. The lowest BCUT2D eigenvalue weighted by Gasteiger charge is -2.56. The number of nitrogens with one attached hydrogen (secondary N) is 1. The van der Waals surface area contributed by atoms with Gasteiger partial charge in [0.05, 0.1) is 0 Å². The van der Waals surface area contributed by atoms with E-state index in [0.717, 1.165) is 43.4 Å². The van der Waals surface area contributed by atoms with Crippen LogP contribution in [0.2, 0.25) is 0 Å². The molecule has 4 aliphatic rings. The summed E-state index contributed by atoms with van der Waals surface area (Å²) in [4.78, 5) is 12.8. The third-order valence-electron chi connectivity index (χ3n) is 5.74. The highest BCUT2D eigenvalue weighted by Gasteiger charge is 2.54. The van der Waals surface area contributed by atoms with Crippen LogP contribution in [-0.4, -0.2) is 18.0 Å². The summed E-state index contributed by atoms with van der Waals surface area (Å²) in [5, 5.41) is 3.30. The van der Waals surface area contributed by atoms with Crippen molar-refractivity contribution in [2.75, 3.05) is 6.54 Å². The van der Waals surface area contributed by atoms with E-state index in [2.05, 4.69) is 19.2 Å². The van der Waals surface area contributed by atoms with Gasteiger partial charge < -0.3 is 11.1 Å². The minimum atomic E-state index is -0.158. The Morgan fingerprint density at radius 2 is 1.63 bits per heavy atom. The van der Waals surface area contributed by atoms with E-state index in [1.165, 1.54) is 19.3 Å². The molecule has 0 radical (unpaired) electrons. The maximum atomic E-state index is 12.8. The van der Waals surface area contributed by atoms with Crippen molar-refractivity contribution in [2.24, 2.45) is 28.9 Å². The van der Waals surface area contributed by atoms with Gasteiger partial charge in [-0.15, -0.1) is 0 Å². The van der Waals surface area contributed by atoms with Crippen LogP contribution >= 0.6 is 0 Å². The predicted molar refractivity (Wildman–Crippen MR) is 76.5 cm³/mol. The zero-order chi connectivity index (χ0) is 13.7. The average Bonchev–Trinajstić information content (AvgIpc) is 2.25. The molecule has 3 N–H and O–H groups in total. The van der Waals surface area contributed by atoms with E-state index in [-0.39, 0.29) is 11.0 Å². The minimum Gasteiger partial charge on any atom is -0.351 e. The van der Waals surface area contributed by atoms with Crippen molar-refractivity contribution in [3.63, 3.8) is 0 Å². The summed E-state index contributed by atoms with van der Waals surface area (Å²) < 4.78 is 0. The Kier molecular flexibility index (Phi) is 3.16. The van der Waals surface area contributed by atoms with Crippen LogP contribution in [0.1, 0.15) is 58.8 Å². The Balaban J connectivity index is 1.73. The highest BCUT2D eigenvalue weighted by atomic mass is 16.2. The molecular formula is C16H28N2O. The first kappa shape index (κ1) is 13.4. The second-order valence-corrected chi connectivity index (χ2v) is 8.07.